The van der Waals surface area contributed by atoms with Gasteiger partial charge in [0.05, 0.1) is 6.20 Å². The number of aromatic amines is 3. The maximum atomic E-state index is 3.86. The highest BCUT2D eigenvalue weighted by Gasteiger charge is 2.14. The van der Waals surface area contributed by atoms with Crippen LogP contribution in [-0.2, 0) is 16.2 Å². The van der Waals surface area contributed by atoms with Gasteiger partial charge in [0.2, 0.25) is 0 Å². The summed E-state index contributed by atoms with van der Waals surface area (Å²) < 4.78 is 0. The fraction of sp³-hybridized carbons (Fsp3) is 0.643. The Hall–Kier alpha value is -2.30. The first-order valence-corrected chi connectivity index (χ1v) is 12.4. The van der Waals surface area contributed by atoms with E-state index in [4.69, 9.17) is 0 Å². The Balaban J connectivity index is -0.000000367. The third-order valence-corrected chi connectivity index (χ3v) is 4.14. The number of aromatic nitrogens is 5. The molecule has 3 rings (SSSR count). The number of H-pyrrole nitrogens is 3. The maximum Gasteiger partial charge on any atom is 0.0524 e. The molecular weight excluding hydrogens is 406 g/mol. The van der Waals surface area contributed by atoms with Gasteiger partial charge in [-0.3, -0.25) is 10.2 Å². The van der Waals surface area contributed by atoms with E-state index < -0.39 is 0 Å². The Morgan fingerprint density at radius 3 is 1.30 bits per heavy atom. The van der Waals surface area contributed by atoms with Gasteiger partial charge in [0, 0.05) is 35.9 Å². The Kier molecular flexibility index (Phi) is 19.4. The van der Waals surface area contributed by atoms with E-state index in [-0.39, 0.29) is 10.8 Å². The predicted octanol–water partition coefficient (Wildman–Crippen LogP) is 8.81. The molecule has 0 bridgehead atoms. The summed E-state index contributed by atoms with van der Waals surface area (Å²) in [6, 6.07) is 4.11. The van der Waals surface area contributed by atoms with Crippen molar-refractivity contribution < 1.29 is 0 Å². The van der Waals surface area contributed by atoms with Crippen LogP contribution in [0, 0.1) is 0 Å². The minimum Gasteiger partial charge on any atom is -0.367 e. The molecule has 0 amide bonds. The smallest absolute Gasteiger partial charge is 0.0524 e. The van der Waals surface area contributed by atoms with Crippen molar-refractivity contribution in [3.05, 3.63) is 59.9 Å². The van der Waals surface area contributed by atoms with E-state index in [1.54, 1.807) is 6.20 Å². The molecule has 33 heavy (non-hydrogen) atoms. The number of rotatable bonds is 0. The summed E-state index contributed by atoms with van der Waals surface area (Å²) in [5, 5.41) is 13.4. The van der Waals surface area contributed by atoms with Gasteiger partial charge in [0.15, 0.2) is 0 Å². The molecule has 3 heterocycles. The second-order valence-electron chi connectivity index (χ2n) is 9.81. The normalized spacial score (nSPS) is 10.3. The van der Waals surface area contributed by atoms with Crippen molar-refractivity contribution in [2.45, 2.75) is 120 Å². The van der Waals surface area contributed by atoms with Crippen molar-refractivity contribution in [2.75, 3.05) is 0 Å². The minimum absolute atomic E-state index is 0.205. The highest BCUT2D eigenvalue weighted by atomic mass is 15.1. The zero-order valence-corrected chi connectivity index (χ0v) is 24.4. The molecule has 192 valence electrons. The molecule has 3 aromatic rings. The highest BCUT2D eigenvalue weighted by molar-refractivity contribution is 5.17. The maximum absolute atomic E-state index is 3.86. The summed E-state index contributed by atoms with van der Waals surface area (Å²) in [7, 11) is 0. The van der Waals surface area contributed by atoms with E-state index in [1.807, 2.05) is 72.4 Å². The van der Waals surface area contributed by atoms with Crippen LogP contribution in [0.5, 0.6) is 0 Å². The van der Waals surface area contributed by atoms with E-state index in [0.717, 1.165) is 0 Å². The molecule has 0 radical (unpaired) electrons. The minimum atomic E-state index is 0.205. The molecular formula is C28H55N5. The fourth-order valence-electron chi connectivity index (χ4n) is 2.13. The van der Waals surface area contributed by atoms with Crippen molar-refractivity contribution in [2.24, 2.45) is 0 Å². The van der Waals surface area contributed by atoms with Crippen molar-refractivity contribution >= 4 is 0 Å². The molecule has 0 aliphatic carbocycles. The highest BCUT2D eigenvalue weighted by Crippen LogP contribution is 2.21. The summed E-state index contributed by atoms with van der Waals surface area (Å²) in [6.07, 6.45) is 9.57. The van der Waals surface area contributed by atoms with Gasteiger partial charge in [-0.05, 0) is 34.1 Å². The van der Waals surface area contributed by atoms with E-state index >= 15 is 0 Å². The third-order valence-electron chi connectivity index (χ3n) is 4.14. The largest absolute Gasteiger partial charge is 0.367 e. The Bertz CT molecular complexity index is 613. The first-order valence-electron chi connectivity index (χ1n) is 12.4. The van der Waals surface area contributed by atoms with Crippen molar-refractivity contribution in [3.8, 4) is 0 Å². The Morgan fingerprint density at radius 2 is 1.12 bits per heavy atom. The van der Waals surface area contributed by atoms with E-state index in [0.29, 0.717) is 5.41 Å². The van der Waals surface area contributed by atoms with Crippen LogP contribution < -0.4 is 0 Å². The molecule has 0 unspecified atom stereocenters. The first-order chi connectivity index (χ1) is 15.3. The molecule has 3 aromatic heterocycles. The van der Waals surface area contributed by atoms with Crippen LogP contribution in [0.3, 0.4) is 0 Å². The number of hydrogen-bond acceptors (Lipinski definition) is 2. The lowest BCUT2D eigenvalue weighted by Crippen LogP contribution is -2.11. The molecule has 3 N–H and O–H groups in total. The fourth-order valence-corrected chi connectivity index (χ4v) is 2.13. The average Bonchev–Trinajstić information content (AvgIpc) is 3.55. The molecule has 0 saturated carbocycles. The summed E-state index contributed by atoms with van der Waals surface area (Å²) in [5.41, 5.74) is 4.52. The van der Waals surface area contributed by atoms with Gasteiger partial charge in [0.25, 0.3) is 0 Å². The molecule has 0 aliphatic heterocycles. The average molecular weight is 462 g/mol. The lowest BCUT2D eigenvalue weighted by Gasteiger charge is -2.15. The molecule has 0 fully saturated rings. The standard InChI is InChI=1S/C8H13N.2C7H12N2.3C2H6/c1-8(2,3)7-4-5-9-6-7;1-7(2,3)6-4-8-9-5-6;1-7(2,3)6-4-5-8-9-6;3*1-2/h4-6,9H,1-3H3;2*4-5H,1-3H3,(H,8,9);3*1-2H3. The zero-order chi connectivity index (χ0) is 26.7. The van der Waals surface area contributed by atoms with Crippen LogP contribution in [-0.4, -0.2) is 25.4 Å². The summed E-state index contributed by atoms with van der Waals surface area (Å²) in [4.78, 5) is 3.04. The van der Waals surface area contributed by atoms with Crippen molar-refractivity contribution in [3.63, 3.8) is 0 Å². The number of hydrogen-bond donors (Lipinski definition) is 3. The third kappa shape index (κ3) is 16.9. The van der Waals surface area contributed by atoms with Gasteiger partial charge in [-0.1, -0.05) is 104 Å². The van der Waals surface area contributed by atoms with Gasteiger partial charge in [-0.25, -0.2) is 0 Å². The predicted molar refractivity (Wildman–Crippen MR) is 148 cm³/mol. The van der Waals surface area contributed by atoms with Crippen LogP contribution in [0.25, 0.3) is 0 Å². The van der Waals surface area contributed by atoms with Gasteiger partial charge in [-0.2, -0.15) is 10.2 Å². The summed E-state index contributed by atoms with van der Waals surface area (Å²) >= 11 is 0. The van der Waals surface area contributed by atoms with Gasteiger partial charge < -0.3 is 4.98 Å². The molecule has 0 atom stereocenters. The molecule has 0 aliphatic rings. The Morgan fingerprint density at radius 1 is 0.606 bits per heavy atom. The second kappa shape index (κ2) is 18.2. The summed E-state index contributed by atoms with van der Waals surface area (Å²) in [5.74, 6) is 0. The van der Waals surface area contributed by atoms with Crippen LogP contribution in [0.1, 0.15) is 121 Å². The van der Waals surface area contributed by atoms with Crippen LogP contribution in [0.15, 0.2) is 43.1 Å². The van der Waals surface area contributed by atoms with E-state index in [9.17, 15) is 0 Å². The first kappa shape index (κ1) is 35.3. The molecule has 0 spiro atoms. The lowest BCUT2D eigenvalue weighted by atomic mass is 9.89. The second-order valence-corrected chi connectivity index (χ2v) is 9.81. The van der Waals surface area contributed by atoms with Gasteiger partial charge >= 0.3 is 0 Å². The molecule has 0 saturated heterocycles. The van der Waals surface area contributed by atoms with Crippen LogP contribution >= 0.6 is 0 Å². The topological polar surface area (TPSA) is 73.2 Å². The Labute approximate surface area is 205 Å². The van der Waals surface area contributed by atoms with Gasteiger partial charge in [0.1, 0.15) is 0 Å². The molecule has 5 nitrogen and oxygen atoms in total. The van der Waals surface area contributed by atoms with E-state index in [2.05, 4.69) is 93.8 Å². The van der Waals surface area contributed by atoms with Crippen molar-refractivity contribution in [1.82, 2.24) is 25.4 Å². The number of nitrogens with one attached hydrogen (secondary N) is 3. The lowest BCUT2D eigenvalue weighted by molar-refractivity contribution is 0.567. The zero-order valence-electron chi connectivity index (χ0n) is 24.4. The number of nitrogens with zero attached hydrogens (tertiary/aromatic N) is 2. The van der Waals surface area contributed by atoms with Crippen molar-refractivity contribution in [1.29, 1.82) is 0 Å². The molecule has 5 heteroatoms. The van der Waals surface area contributed by atoms with Crippen LogP contribution in [0.2, 0.25) is 0 Å². The SMILES string of the molecule is CC.CC.CC.CC(C)(C)c1cc[nH]c1.CC(C)(C)c1ccn[nH]1.CC(C)(C)c1cn[nH]c1. The van der Waals surface area contributed by atoms with E-state index in [1.165, 1.54) is 16.8 Å². The molecule has 0 aromatic carbocycles. The van der Waals surface area contributed by atoms with Crippen LogP contribution in [0.4, 0.5) is 0 Å². The monoisotopic (exact) mass is 461 g/mol. The van der Waals surface area contributed by atoms with Gasteiger partial charge in [-0.15, -0.1) is 0 Å². The summed E-state index contributed by atoms with van der Waals surface area (Å²) in [6.45, 7) is 31.6. The quantitative estimate of drug-likeness (QED) is 0.313.